The number of thioether (sulfide) groups is 1. The fourth-order valence-electron chi connectivity index (χ4n) is 2.65. The summed E-state index contributed by atoms with van der Waals surface area (Å²) < 4.78 is 0. The molecule has 0 aliphatic rings. The molecule has 0 spiro atoms. The normalized spacial score (nSPS) is 10.7. The highest BCUT2D eigenvalue weighted by atomic mass is 32.2. The van der Waals surface area contributed by atoms with Crippen molar-refractivity contribution in [1.29, 1.82) is 0 Å². The standard InChI is InChI=1S/C22H24N2OS2/c1-3-17-9-11-19(12-10-17)22-24-16(2)20(27-22)14-26-15-21(25)23-13-18-7-5-4-6-8-18/h4-12H,3,13-15H2,1-2H3,(H,23,25). The number of rotatable bonds is 8. The largest absolute Gasteiger partial charge is 0.351 e. The first kappa shape index (κ1) is 19.6. The molecule has 140 valence electrons. The molecule has 5 heteroatoms. The van der Waals surface area contributed by atoms with Crippen LogP contribution in [0.5, 0.6) is 0 Å². The van der Waals surface area contributed by atoms with E-state index in [0.717, 1.165) is 34.0 Å². The Morgan fingerprint density at radius 2 is 1.81 bits per heavy atom. The van der Waals surface area contributed by atoms with Crippen LogP contribution in [0.4, 0.5) is 0 Å². The summed E-state index contributed by atoms with van der Waals surface area (Å²) in [5.41, 5.74) is 4.68. The lowest BCUT2D eigenvalue weighted by Crippen LogP contribution is -2.24. The van der Waals surface area contributed by atoms with E-state index in [1.54, 1.807) is 23.1 Å². The van der Waals surface area contributed by atoms with E-state index in [1.807, 2.05) is 37.3 Å². The summed E-state index contributed by atoms with van der Waals surface area (Å²) >= 11 is 3.36. The lowest BCUT2D eigenvalue weighted by atomic mass is 10.1. The number of hydrogen-bond donors (Lipinski definition) is 1. The van der Waals surface area contributed by atoms with Crippen LogP contribution in [0.1, 0.15) is 28.6 Å². The van der Waals surface area contributed by atoms with Crippen LogP contribution < -0.4 is 5.32 Å². The molecule has 3 aromatic rings. The molecule has 0 saturated carbocycles. The number of aromatic nitrogens is 1. The van der Waals surface area contributed by atoms with Gasteiger partial charge in [0, 0.05) is 22.7 Å². The van der Waals surface area contributed by atoms with Gasteiger partial charge in [-0.2, -0.15) is 0 Å². The minimum absolute atomic E-state index is 0.0707. The van der Waals surface area contributed by atoms with E-state index in [4.69, 9.17) is 4.98 Å². The van der Waals surface area contributed by atoms with Crippen LogP contribution in [-0.4, -0.2) is 16.6 Å². The topological polar surface area (TPSA) is 42.0 Å². The number of carbonyl (C=O) groups is 1. The van der Waals surface area contributed by atoms with Crippen LogP contribution in [0, 0.1) is 6.92 Å². The minimum Gasteiger partial charge on any atom is -0.351 e. The van der Waals surface area contributed by atoms with E-state index < -0.39 is 0 Å². The van der Waals surface area contributed by atoms with Gasteiger partial charge in [0.05, 0.1) is 11.4 Å². The van der Waals surface area contributed by atoms with Gasteiger partial charge in [0.15, 0.2) is 0 Å². The Balaban J connectivity index is 1.49. The Bertz CT molecular complexity index is 873. The monoisotopic (exact) mass is 396 g/mol. The van der Waals surface area contributed by atoms with Crippen molar-refractivity contribution in [3.8, 4) is 10.6 Å². The number of nitrogens with zero attached hydrogens (tertiary/aromatic N) is 1. The Morgan fingerprint density at radius 3 is 2.52 bits per heavy atom. The molecule has 1 aromatic heterocycles. The molecule has 27 heavy (non-hydrogen) atoms. The van der Waals surface area contributed by atoms with Crippen LogP contribution >= 0.6 is 23.1 Å². The highest BCUT2D eigenvalue weighted by Crippen LogP contribution is 2.30. The molecule has 0 fully saturated rings. The zero-order valence-corrected chi connectivity index (χ0v) is 17.3. The van der Waals surface area contributed by atoms with E-state index in [2.05, 4.69) is 36.5 Å². The van der Waals surface area contributed by atoms with Crippen molar-refractivity contribution < 1.29 is 4.79 Å². The van der Waals surface area contributed by atoms with E-state index >= 15 is 0 Å². The van der Waals surface area contributed by atoms with E-state index in [-0.39, 0.29) is 5.91 Å². The summed E-state index contributed by atoms with van der Waals surface area (Å²) in [6.07, 6.45) is 1.05. The Kier molecular flexibility index (Phi) is 7.07. The van der Waals surface area contributed by atoms with Gasteiger partial charge in [0.2, 0.25) is 5.91 Å². The molecule has 0 bridgehead atoms. The van der Waals surface area contributed by atoms with E-state index in [0.29, 0.717) is 12.3 Å². The smallest absolute Gasteiger partial charge is 0.230 e. The number of thiazole rings is 1. The molecule has 1 heterocycles. The van der Waals surface area contributed by atoms with Gasteiger partial charge >= 0.3 is 0 Å². The van der Waals surface area contributed by atoms with Gasteiger partial charge in [-0.05, 0) is 24.5 Å². The van der Waals surface area contributed by atoms with Gasteiger partial charge in [0.1, 0.15) is 5.01 Å². The molecule has 0 unspecified atom stereocenters. The first-order chi connectivity index (χ1) is 13.2. The fraction of sp³-hybridized carbons (Fsp3) is 0.273. The molecule has 3 rings (SSSR count). The van der Waals surface area contributed by atoms with Gasteiger partial charge in [-0.25, -0.2) is 4.98 Å². The van der Waals surface area contributed by atoms with Gasteiger partial charge in [-0.15, -0.1) is 23.1 Å². The number of hydrogen-bond acceptors (Lipinski definition) is 4. The maximum atomic E-state index is 12.0. The predicted octanol–water partition coefficient (Wildman–Crippen LogP) is 5.23. The summed E-state index contributed by atoms with van der Waals surface area (Å²) in [5.74, 6) is 1.35. The van der Waals surface area contributed by atoms with Crippen LogP contribution in [0.2, 0.25) is 0 Å². The zero-order chi connectivity index (χ0) is 19.1. The SMILES string of the molecule is CCc1ccc(-c2nc(C)c(CSCC(=O)NCc3ccccc3)s2)cc1. The number of benzene rings is 2. The summed E-state index contributed by atoms with van der Waals surface area (Å²) in [5, 5.41) is 4.02. The van der Waals surface area contributed by atoms with Crippen LogP contribution in [0.25, 0.3) is 10.6 Å². The van der Waals surface area contributed by atoms with Crippen molar-refractivity contribution in [2.45, 2.75) is 32.6 Å². The zero-order valence-electron chi connectivity index (χ0n) is 15.7. The number of carbonyl (C=O) groups excluding carboxylic acids is 1. The molecular formula is C22H24N2OS2. The van der Waals surface area contributed by atoms with Crippen molar-refractivity contribution in [2.24, 2.45) is 0 Å². The average Bonchev–Trinajstić information content (AvgIpc) is 3.08. The van der Waals surface area contributed by atoms with Crippen LogP contribution in [0.15, 0.2) is 54.6 Å². The lowest BCUT2D eigenvalue weighted by molar-refractivity contribution is -0.118. The predicted molar refractivity (Wildman–Crippen MR) is 116 cm³/mol. The molecule has 0 aliphatic carbocycles. The summed E-state index contributed by atoms with van der Waals surface area (Å²) in [4.78, 5) is 18.0. The maximum Gasteiger partial charge on any atom is 0.230 e. The maximum absolute atomic E-state index is 12.0. The molecule has 0 saturated heterocycles. The fourth-order valence-corrected chi connectivity index (χ4v) is 4.79. The highest BCUT2D eigenvalue weighted by molar-refractivity contribution is 7.99. The van der Waals surface area contributed by atoms with Crippen molar-refractivity contribution in [3.05, 3.63) is 76.3 Å². The number of amides is 1. The molecular weight excluding hydrogens is 372 g/mol. The van der Waals surface area contributed by atoms with Gasteiger partial charge < -0.3 is 5.32 Å². The lowest BCUT2D eigenvalue weighted by Gasteiger charge is -2.05. The third-order valence-electron chi connectivity index (χ3n) is 4.30. The van der Waals surface area contributed by atoms with Crippen molar-refractivity contribution in [2.75, 3.05) is 5.75 Å². The summed E-state index contributed by atoms with van der Waals surface area (Å²) in [6, 6.07) is 18.6. The van der Waals surface area contributed by atoms with Gasteiger partial charge in [-0.3, -0.25) is 4.79 Å². The first-order valence-corrected chi connectivity index (χ1v) is 11.1. The second-order valence-corrected chi connectivity index (χ2v) is 8.40. The van der Waals surface area contributed by atoms with E-state index in [9.17, 15) is 4.79 Å². The summed E-state index contributed by atoms with van der Waals surface area (Å²) in [7, 11) is 0. The van der Waals surface area contributed by atoms with Crippen molar-refractivity contribution in [1.82, 2.24) is 10.3 Å². The van der Waals surface area contributed by atoms with Crippen LogP contribution in [-0.2, 0) is 23.5 Å². The Labute approximate surface area is 169 Å². The van der Waals surface area contributed by atoms with Gasteiger partial charge in [-0.1, -0.05) is 61.5 Å². The van der Waals surface area contributed by atoms with Crippen molar-refractivity contribution >= 4 is 29.0 Å². The third kappa shape index (κ3) is 5.68. The molecule has 1 N–H and O–H groups in total. The molecule has 0 aliphatic heterocycles. The molecule has 3 nitrogen and oxygen atoms in total. The second kappa shape index (κ2) is 9.72. The number of nitrogens with one attached hydrogen (secondary N) is 1. The molecule has 0 radical (unpaired) electrons. The molecule has 2 aromatic carbocycles. The third-order valence-corrected chi connectivity index (χ3v) is 6.65. The first-order valence-electron chi connectivity index (χ1n) is 9.09. The Hall–Kier alpha value is -2.11. The quantitative estimate of drug-likeness (QED) is 0.567. The molecule has 0 atom stereocenters. The Morgan fingerprint density at radius 1 is 1.07 bits per heavy atom. The summed E-state index contributed by atoms with van der Waals surface area (Å²) in [6.45, 7) is 4.79. The highest BCUT2D eigenvalue weighted by Gasteiger charge is 2.10. The van der Waals surface area contributed by atoms with Gasteiger partial charge in [0.25, 0.3) is 0 Å². The minimum atomic E-state index is 0.0707. The second-order valence-electron chi connectivity index (χ2n) is 6.33. The van der Waals surface area contributed by atoms with Crippen molar-refractivity contribution in [3.63, 3.8) is 0 Å². The average molecular weight is 397 g/mol. The number of aryl methyl sites for hydroxylation is 2. The van der Waals surface area contributed by atoms with E-state index in [1.165, 1.54) is 10.4 Å². The van der Waals surface area contributed by atoms with Crippen LogP contribution in [0.3, 0.4) is 0 Å². The molecule has 1 amide bonds.